The van der Waals surface area contributed by atoms with Gasteiger partial charge in [-0.15, -0.1) is 0 Å². The molecule has 0 aliphatic carbocycles. The molecule has 0 amide bonds. The summed E-state index contributed by atoms with van der Waals surface area (Å²) in [5, 5.41) is 12.3. The molecule has 1 N–H and O–H groups in total. The number of aliphatic carboxylic acids is 1. The third-order valence-electron chi connectivity index (χ3n) is 2.11. The quantitative estimate of drug-likeness (QED) is 0.861. The third-order valence-corrected chi connectivity index (χ3v) is 2.11. The first kappa shape index (κ1) is 11.3. The molecule has 0 spiro atoms. The summed E-state index contributed by atoms with van der Waals surface area (Å²) in [6.45, 7) is 3.74. The fourth-order valence-corrected chi connectivity index (χ4v) is 1.54. The van der Waals surface area contributed by atoms with E-state index in [0.29, 0.717) is 5.82 Å². The molecule has 0 saturated heterocycles. The van der Waals surface area contributed by atoms with Crippen LogP contribution >= 0.6 is 0 Å². The van der Waals surface area contributed by atoms with Crippen LogP contribution < -0.4 is 0 Å². The van der Waals surface area contributed by atoms with Crippen LogP contribution in [0.2, 0.25) is 0 Å². The molecule has 2 rings (SSSR count). The van der Waals surface area contributed by atoms with Crippen molar-refractivity contribution >= 4 is 5.97 Å². The predicted molar refractivity (Wildman–Crippen MR) is 58.3 cm³/mol. The van der Waals surface area contributed by atoms with Gasteiger partial charge in [-0.3, -0.25) is 9.78 Å². The molecule has 2 heterocycles. The second-order valence-corrected chi connectivity index (χ2v) is 3.72. The van der Waals surface area contributed by atoms with Crippen molar-refractivity contribution in [2.24, 2.45) is 0 Å². The summed E-state index contributed by atoms with van der Waals surface area (Å²) in [7, 11) is 0. The van der Waals surface area contributed by atoms with Crippen molar-refractivity contribution in [3.8, 4) is 11.4 Å². The van der Waals surface area contributed by atoms with E-state index in [4.69, 9.17) is 9.63 Å². The van der Waals surface area contributed by atoms with Gasteiger partial charge in [-0.1, -0.05) is 5.16 Å². The second kappa shape index (κ2) is 4.32. The van der Waals surface area contributed by atoms with Gasteiger partial charge in [0.25, 0.3) is 0 Å². The normalized spacial score (nSPS) is 10.5. The predicted octanol–water partition coefficient (Wildman–Crippen LogP) is 1.38. The van der Waals surface area contributed by atoms with E-state index < -0.39 is 5.97 Å². The van der Waals surface area contributed by atoms with Gasteiger partial charge in [0.15, 0.2) is 0 Å². The van der Waals surface area contributed by atoms with Crippen molar-refractivity contribution in [2.75, 3.05) is 0 Å². The Kier molecular flexibility index (Phi) is 2.86. The largest absolute Gasteiger partial charge is 0.481 e. The minimum atomic E-state index is -0.998. The van der Waals surface area contributed by atoms with Crippen LogP contribution in [0.25, 0.3) is 11.4 Å². The molecule has 0 aromatic carbocycles. The minimum absolute atomic E-state index is 0.0969. The van der Waals surface area contributed by atoms with Gasteiger partial charge in [-0.05, 0) is 26.0 Å². The summed E-state index contributed by atoms with van der Waals surface area (Å²) in [5.74, 6) is -0.517. The monoisotopic (exact) mass is 233 g/mol. The lowest BCUT2D eigenvalue weighted by Gasteiger charge is -1.98. The Morgan fingerprint density at radius 1 is 1.29 bits per heavy atom. The van der Waals surface area contributed by atoms with Crippen molar-refractivity contribution in [1.29, 1.82) is 0 Å². The van der Waals surface area contributed by atoms with Crippen molar-refractivity contribution < 1.29 is 14.4 Å². The smallest absolute Gasteiger partial charge is 0.312 e. The molecule has 0 aliphatic heterocycles. The Morgan fingerprint density at radius 3 is 2.53 bits per heavy atom. The molecule has 0 saturated carbocycles. The summed E-state index contributed by atoms with van der Waals surface area (Å²) in [5.41, 5.74) is 2.48. The lowest BCUT2D eigenvalue weighted by atomic mass is 10.2. The molecule has 0 fully saturated rings. The fourth-order valence-electron chi connectivity index (χ4n) is 1.54. The zero-order valence-electron chi connectivity index (χ0n) is 9.47. The highest BCUT2D eigenvalue weighted by atomic mass is 16.5. The molecule has 6 nitrogen and oxygen atoms in total. The highest BCUT2D eigenvalue weighted by Gasteiger charge is 2.12. The topological polar surface area (TPSA) is 89.1 Å². The van der Waals surface area contributed by atoms with E-state index in [2.05, 4.69) is 15.1 Å². The summed E-state index contributed by atoms with van der Waals surface area (Å²) in [6, 6.07) is 3.64. The van der Waals surface area contributed by atoms with E-state index in [1.807, 2.05) is 26.0 Å². The van der Waals surface area contributed by atoms with E-state index in [-0.39, 0.29) is 12.3 Å². The van der Waals surface area contributed by atoms with E-state index in [0.717, 1.165) is 17.0 Å². The number of hydrogen-bond donors (Lipinski definition) is 1. The summed E-state index contributed by atoms with van der Waals surface area (Å²) >= 11 is 0. The average molecular weight is 233 g/mol. The van der Waals surface area contributed by atoms with E-state index in [9.17, 15) is 4.79 Å². The molecule has 0 unspecified atom stereocenters. The molecular formula is C11H11N3O3. The van der Waals surface area contributed by atoms with E-state index in [1.165, 1.54) is 0 Å². The highest BCUT2D eigenvalue weighted by Crippen LogP contribution is 2.17. The summed E-state index contributed by atoms with van der Waals surface area (Å²) in [4.78, 5) is 18.7. The maximum atomic E-state index is 10.5. The van der Waals surface area contributed by atoms with Gasteiger partial charge in [-0.2, -0.15) is 4.98 Å². The Morgan fingerprint density at radius 2 is 1.94 bits per heavy atom. The Bertz CT molecular complexity index is 543. The first-order valence-electron chi connectivity index (χ1n) is 5.04. The van der Waals surface area contributed by atoms with Gasteiger partial charge >= 0.3 is 5.97 Å². The van der Waals surface area contributed by atoms with Gasteiger partial charge in [0, 0.05) is 17.0 Å². The Balaban J connectivity index is 2.33. The molecule has 2 aromatic heterocycles. The van der Waals surface area contributed by atoms with E-state index >= 15 is 0 Å². The standard InChI is InChI=1S/C11H11N3O3/c1-6-3-8(4-7(2)12-6)11-13-9(17-14-11)5-10(15)16/h3-4H,5H2,1-2H3,(H,15,16). The lowest BCUT2D eigenvalue weighted by Crippen LogP contribution is -1.99. The maximum absolute atomic E-state index is 10.5. The van der Waals surface area contributed by atoms with Gasteiger partial charge in [0.2, 0.25) is 11.7 Å². The van der Waals surface area contributed by atoms with Crippen LogP contribution in [0.1, 0.15) is 17.3 Å². The number of carboxylic acids is 1. The van der Waals surface area contributed by atoms with Crippen molar-refractivity contribution in [2.45, 2.75) is 20.3 Å². The number of nitrogens with zero attached hydrogens (tertiary/aromatic N) is 3. The van der Waals surface area contributed by atoms with Crippen LogP contribution in [0.3, 0.4) is 0 Å². The van der Waals surface area contributed by atoms with Gasteiger partial charge in [0.1, 0.15) is 6.42 Å². The van der Waals surface area contributed by atoms with Gasteiger partial charge in [0.05, 0.1) is 0 Å². The van der Waals surface area contributed by atoms with E-state index in [1.54, 1.807) is 0 Å². The van der Waals surface area contributed by atoms with Crippen LogP contribution in [0.5, 0.6) is 0 Å². The van der Waals surface area contributed by atoms with Crippen LogP contribution in [0.15, 0.2) is 16.7 Å². The van der Waals surface area contributed by atoms with Crippen molar-refractivity contribution in [3.63, 3.8) is 0 Å². The molecule has 0 aliphatic rings. The minimum Gasteiger partial charge on any atom is -0.481 e. The first-order chi connectivity index (χ1) is 8.04. The molecule has 0 bridgehead atoms. The zero-order chi connectivity index (χ0) is 12.4. The molecule has 0 radical (unpaired) electrons. The molecule has 2 aromatic rings. The van der Waals surface area contributed by atoms with Crippen LogP contribution in [-0.4, -0.2) is 26.2 Å². The van der Waals surface area contributed by atoms with Crippen LogP contribution in [-0.2, 0) is 11.2 Å². The SMILES string of the molecule is Cc1cc(-c2noc(CC(=O)O)n2)cc(C)n1. The molecule has 6 heteroatoms. The summed E-state index contributed by atoms with van der Waals surface area (Å²) in [6.07, 6.45) is -0.268. The Labute approximate surface area is 97.3 Å². The highest BCUT2D eigenvalue weighted by molar-refractivity contribution is 5.69. The number of carbonyl (C=O) groups is 1. The summed E-state index contributed by atoms with van der Waals surface area (Å²) < 4.78 is 4.85. The second-order valence-electron chi connectivity index (χ2n) is 3.72. The fraction of sp³-hybridized carbons (Fsp3) is 0.273. The number of hydrogen-bond acceptors (Lipinski definition) is 5. The van der Waals surface area contributed by atoms with Gasteiger partial charge in [-0.25, -0.2) is 0 Å². The number of carboxylic acid groups (broad SMARTS) is 1. The molecule has 0 atom stereocenters. The van der Waals surface area contributed by atoms with Gasteiger partial charge < -0.3 is 9.63 Å². The number of aryl methyl sites for hydroxylation is 2. The van der Waals surface area contributed by atoms with Crippen LogP contribution in [0.4, 0.5) is 0 Å². The maximum Gasteiger partial charge on any atom is 0.312 e. The number of aromatic nitrogens is 3. The zero-order valence-corrected chi connectivity index (χ0v) is 9.47. The van der Waals surface area contributed by atoms with Crippen molar-refractivity contribution in [1.82, 2.24) is 15.1 Å². The third kappa shape index (κ3) is 2.66. The molecule has 88 valence electrons. The first-order valence-corrected chi connectivity index (χ1v) is 5.04. The van der Waals surface area contributed by atoms with Crippen LogP contribution in [0, 0.1) is 13.8 Å². The average Bonchev–Trinajstić information content (AvgIpc) is 2.63. The molecule has 17 heavy (non-hydrogen) atoms. The number of pyridine rings is 1. The Hall–Kier alpha value is -2.24. The molecular weight excluding hydrogens is 222 g/mol. The number of rotatable bonds is 3. The van der Waals surface area contributed by atoms with Crippen molar-refractivity contribution in [3.05, 3.63) is 29.4 Å². The lowest BCUT2D eigenvalue weighted by molar-refractivity contribution is -0.136.